The normalized spacial score (nSPS) is 18.1. The maximum absolute atomic E-state index is 6.19. The molecule has 0 amide bonds. The van der Waals surface area contributed by atoms with Crippen LogP contribution in [-0.2, 0) is 0 Å². The van der Waals surface area contributed by atoms with Gasteiger partial charge in [-0.1, -0.05) is 72.8 Å². The van der Waals surface area contributed by atoms with Crippen molar-refractivity contribution in [3.8, 4) is 11.5 Å². The maximum Gasteiger partial charge on any atom is 0.227 e. The summed E-state index contributed by atoms with van der Waals surface area (Å²) in [7, 11) is 0. The maximum atomic E-state index is 6.19. The fourth-order valence-electron chi connectivity index (χ4n) is 6.15. The fourth-order valence-corrected chi connectivity index (χ4v) is 7.29. The van der Waals surface area contributed by atoms with Gasteiger partial charge >= 0.3 is 0 Å². The number of anilines is 2. The van der Waals surface area contributed by atoms with Crippen LogP contribution in [-0.4, -0.2) is 11.0 Å². The Kier molecular flexibility index (Phi) is 5.27. The van der Waals surface area contributed by atoms with Gasteiger partial charge in [0.2, 0.25) is 5.89 Å². The number of nitrogens with zero attached hydrogens (tertiary/aromatic N) is 2. The van der Waals surface area contributed by atoms with Gasteiger partial charge in [-0.2, -0.15) is 0 Å². The van der Waals surface area contributed by atoms with Crippen molar-refractivity contribution in [1.29, 1.82) is 0 Å². The van der Waals surface area contributed by atoms with E-state index in [4.69, 9.17) is 9.40 Å². The van der Waals surface area contributed by atoms with Gasteiger partial charge in [0.15, 0.2) is 5.42 Å². The van der Waals surface area contributed by atoms with Gasteiger partial charge < -0.3 is 9.32 Å². The Morgan fingerprint density at radius 3 is 2.41 bits per heavy atom. The van der Waals surface area contributed by atoms with Crippen LogP contribution in [0.1, 0.15) is 12.8 Å². The van der Waals surface area contributed by atoms with Crippen molar-refractivity contribution in [2.45, 2.75) is 18.9 Å². The third-order valence-electron chi connectivity index (χ3n) is 8.01. The summed E-state index contributed by atoms with van der Waals surface area (Å²) >= 11 is 1.87. The van der Waals surface area contributed by atoms with Gasteiger partial charge in [-0.05, 0) is 72.9 Å². The first-order chi connectivity index (χ1) is 19.3. The molecule has 4 heteroatoms. The standard InChI is InChI=1S/C35H26N2OS/c1-3-9-23(10-4-1)35-36-34-28-18-16-26(21-24(28)15-20-31(34)38-35)37(25-11-5-2-6-12-25)27-17-19-30-29-13-7-8-14-32(29)39-33(30)22-27/h1-14,16-20,22,24,26H,15,21H2. The Bertz CT molecular complexity index is 1990. The van der Waals surface area contributed by atoms with E-state index < -0.39 is 0 Å². The molecule has 0 radical (unpaired) electrons. The SMILES string of the molecule is C1=CC(N(c2ccccc2)c2ccc3c(c2)sc2ccccc23)CC2CC=c3oc(-c4ccccc4)nc3=C12. The predicted octanol–water partition coefficient (Wildman–Crippen LogP) is 7.83. The molecule has 2 aliphatic rings. The minimum Gasteiger partial charge on any atom is -0.436 e. The van der Waals surface area contributed by atoms with Crippen LogP contribution >= 0.6 is 11.3 Å². The summed E-state index contributed by atoms with van der Waals surface area (Å²) in [6.07, 6.45) is 8.88. The lowest BCUT2D eigenvalue weighted by Gasteiger charge is -2.37. The van der Waals surface area contributed by atoms with E-state index in [0.717, 1.165) is 29.2 Å². The van der Waals surface area contributed by atoms with E-state index in [9.17, 15) is 0 Å². The number of oxazole rings is 1. The first kappa shape index (κ1) is 22.6. The van der Waals surface area contributed by atoms with Crippen LogP contribution in [0.3, 0.4) is 0 Å². The Morgan fingerprint density at radius 1 is 0.769 bits per heavy atom. The first-order valence-corrected chi connectivity index (χ1v) is 14.3. The van der Waals surface area contributed by atoms with Crippen molar-refractivity contribution in [3.63, 3.8) is 0 Å². The van der Waals surface area contributed by atoms with Gasteiger partial charge in [-0.15, -0.1) is 11.3 Å². The first-order valence-electron chi connectivity index (χ1n) is 13.5. The van der Waals surface area contributed by atoms with Crippen LogP contribution in [0.25, 0.3) is 43.3 Å². The average Bonchev–Trinajstić information content (AvgIpc) is 3.60. The summed E-state index contributed by atoms with van der Waals surface area (Å²) in [6.45, 7) is 0. The van der Waals surface area contributed by atoms with E-state index >= 15 is 0 Å². The van der Waals surface area contributed by atoms with Crippen molar-refractivity contribution >= 4 is 54.5 Å². The second-order valence-corrected chi connectivity index (χ2v) is 11.4. The number of hydrogen-bond acceptors (Lipinski definition) is 4. The van der Waals surface area contributed by atoms with Crippen molar-refractivity contribution < 1.29 is 4.42 Å². The summed E-state index contributed by atoms with van der Waals surface area (Å²) in [5.41, 5.74) is 5.65. The number of rotatable bonds is 4. The number of thiophene rings is 1. The Labute approximate surface area is 230 Å². The molecule has 0 saturated carbocycles. The van der Waals surface area contributed by atoms with Crippen LogP contribution in [0.15, 0.2) is 120 Å². The van der Waals surface area contributed by atoms with Gasteiger partial charge in [0.05, 0.1) is 6.04 Å². The molecule has 188 valence electrons. The molecule has 0 fully saturated rings. The van der Waals surface area contributed by atoms with E-state index in [1.165, 1.54) is 37.1 Å². The quantitative estimate of drug-likeness (QED) is 0.236. The van der Waals surface area contributed by atoms with Gasteiger partial charge in [-0.25, -0.2) is 4.98 Å². The minimum absolute atomic E-state index is 0.239. The molecule has 2 aromatic heterocycles. The second kappa shape index (κ2) is 9.11. The molecule has 0 aliphatic heterocycles. The van der Waals surface area contributed by atoms with E-state index in [1.54, 1.807) is 0 Å². The molecule has 8 rings (SSSR count). The molecule has 0 bridgehead atoms. The molecule has 6 aromatic rings. The number of hydrogen-bond donors (Lipinski definition) is 0. The van der Waals surface area contributed by atoms with Crippen molar-refractivity contribution in [2.24, 2.45) is 5.92 Å². The van der Waals surface area contributed by atoms with Crippen LogP contribution in [0.2, 0.25) is 0 Å². The highest BCUT2D eigenvalue weighted by Gasteiger charge is 2.30. The number of benzene rings is 4. The zero-order valence-corrected chi connectivity index (χ0v) is 22.1. The molecule has 3 nitrogen and oxygen atoms in total. The summed E-state index contributed by atoms with van der Waals surface area (Å²) in [5, 5.41) is 3.66. The Hall–Kier alpha value is -4.41. The zero-order valence-electron chi connectivity index (χ0n) is 21.3. The van der Waals surface area contributed by atoms with E-state index in [2.05, 4.69) is 108 Å². The highest BCUT2D eigenvalue weighted by molar-refractivity contribution is 7.25. The van der Waals surface area contributed by atoms with Crippen LogP contribution in [0.5, 0.6) is 0 Å². The number of para-hydroxylation sites is 1. The molecule has 0 spiro atoms. The largest absolute Gasteiger partial charge is 0.436 e. The fraction of sp³-hybridized carbons (Fsp3) is 0.114. The molecule has 2 aliphatic carbocycles. The molecule has 2 atom stereocenters. The van der Waals surface area contributed by atoms with Gasteiger partial charge in [0, 0.05) is 37.1 Å². The molecular weight excluding hydrogens is 496 g/mol. The predicted molar refractivity (Wildman–Crippen MR) is 163 cm³/mol. The van der Waals surface area contributed by atoms with Crippen molar-refractivity contribution in [1.82, 2.24) is 4.98 Å². The van der Waals surface area contributed by atoms with Gasteiger partial charge in [0.1, 0.15) is 5.35 Å². The highest BCUT2D eigenvalue weighted by Crippen LogP contribution is 2.41. The summed E-state index contributed by atoms with van der Waals surface area (Å²) in [5.74, 6) is 1.10. The third-order valence-corrected chi connectivity index (χ3v) is 9.14. The highest BCUT2D eigenvalue weighted by atomic mass is 32.1. The summed E-state index contributed by atoms with van der Waals surface area (Å²) < 4.78 is 8.85. The van der Waals surface area contributed by atoms with Crippen LogP contribution in [0.4, 0.5) is 11.4 Å². The molecule has 2 unspecified atom stereocenters. The molecule has 0 N–H and O–H groups in total. The van der Waals surface area contributed by atoms with Crippen molar-refractivity contribution in [2.75, 3.05) is 4.90 Å². The summed E-state index contributed by atoms with van der Waals surface area (Å²) in [6, 6.07) is 36.9. The molecule has 2 heterocycles. The number of allylic oxidation sites excluding steroid dienone is 1. The Morgan fingerprint density at radius 2 is 1.54 bits per heavy atom. The topological polar surface area (TPSA) is 29.3 Å². The van der Waals surface area contributed by atoms with E-state index in [1.807, 2.05) is 29.5 Å². The van der Waals surface area contributed by atoms with Crippen LogP contribution < -0.4 is 15.7 Å². The van der Waals surface area contributed by atoms with Crippen molar-refractivity contribution in [3.05, 3.63) is 126 Å². The lowest BCUT2D eigenvalue weighted by atomic mass is 9.81. The number of aromatic nitrogens is 1. The lowest BCUT2D eigenvalue weighted by molar-refractivity contribution is 0.519. The molecule has 4 aromatic carbocycles. The van der Waals surface area contributed by atoms with Crippen LogP contribution in [0, 0.1) is 5.92 Å². The molecule has 0 saturated heterocycles. The lowest BCUT2D eigenvalue weighted by Crippen LogP contribution is -2.38. The minimum atomic E-state index is 0.239. The average molecular weight is 523 g/mol. The molecule has 39 heavy (non-hydrogen) atoms. The third kappa shape index (κ3) is 3.83. The number of fused-ring (bicyclic) bond motifs is 5. The van der Waals surface area contributed by atoms with Gasteiger partial charge in [-0.3, -0.25) is 0 Å². The Balaban J connectivity index is 1.22. The smallest absolute Gasteiger partial charge is 0.227 e. The monoisotopic (exact) mass is 522 g/mol. The second-order valence-electron chi connectivity index (χ2n) is 10.3. The zero-order chi connectivity index (χ0) is 25.8. The molecular formula is C35H26N2OS. The van der Waals surface area contributed by atoms with Gasteiger partial charge in [0.25, 0.3) is 0 Å². The summed E-state index contributed by atoms with van der Waals surface area (Å²) in [4.78, 5) is 7.45. The van der Waals surface area contributed by atoms with E-state index in [-0.39, 0.29) is 6.04 Å². The van der Waals surface area contributed by atoms with E-state index in [0.29, 0.717) is 11.8 Å².